The molecule has 0 aliphatic rings. The average Bonchev–Trinajstić information content (AvgIpc) is 3.24. The molecular weight excluding hydrogens is 400 g/mol. The zero-order valence-electron chi connectivity index (χ0n) is 16.9. The van der Waals surface area contributed by atoms with Gasteiger partial charge in [0.05, 0.1) is 5.56 Å². The lowest BCUT2D eigenvalue weighted by molar-refractivity contribution is -0.137. The van der Waals surface area contributed by atoms with Gasteiger partial charge in [0.15, 0.2) is 11.3 Å². The van der Waals surface area contributed by atoms with Crippen LogP contribution in [0, 0.1) is 5.82 Å². The third-order valence-corrected chi connectivity index (χ3v) is 4.94. The number of halogens is 4. The van der Waals surface area contributed by atoms with Crippen LogP contribution in [0.2, 0.25) is 0 Å². The first-order valence-corrected chi connectivity index (χ1v) is 9.40. The predicted molar refractivity (Wildman–Crippen MR) is 102 cm³/mol. The van der Waals surface area contributed by atoms with Crippen molar-refractivity contribution in [3.05, 3.63) is 59.2 Å². The Hall–Kier alpha value is -3.04. The van der Waals surface area contributed by atoms with Crippen molar-refractivity contribution in [2.24, 2.45) is 0 Å². The molecule has 4 aromatic rings. The second-order valence-electron chi connectivity index (χ2n) is 8.46. The van der Waals surface area contributed by atoms with E-state index in [9.17, 15) is 17.6 Å². The van der Waals surface area contributed by atoms with Gasteiger partial charge in [0, 0.05) is 23.7 Å². The molecule has 0 aromatic carbocycles. The van der Waals surface area contributed by atoms with Gasteiger partial charge in [-0.25, -0.2) is 4.39 Å². The molecule has 10 heteroatoms. The maximum Gasteiger partial charge on any atom is 0.417 e. The van der Waals surface area contributed by atoms with Gasteiger partial charge in [-0.05, 0) is 30.2 Å². The summed E-state index contributed by atoms with van der Waals surface area (Å²) in [6.07, 6.45) is -2.02. The topological polar surface area (TPSA) is 60.4 Å². The summed E-state index contributed by atoms with van der Waals surface area (Å²) in [5, 5.41) is 16.4. The van der Waals surface area contributed by atoms with E-state index in [4.69, 9.17) is 0 Å². The van der Waals surface area contributed by atoms with E-state index in [0.717, 1.165) is 12.3 Å². The summed E-state index contributed by atoms with van der Waals surface area (Å²) in [6.45, 7) is 7.40. The molecule has 1 atom stereocenters. The largest absolute Gasteiger partial charge is 0.417 e. The van der Waals surface area contributed by atoms with E-state index in [-0.39, 0.29) is 12.3 Å². The molecule has 30 heavy (non-hydrogen) atoms. The first-order valence-electron chi connectivity index (χ1n) is 9.40. The molecule has 0 aliphatic heterocycles. The second-order valence-corrected chi connectivity index (χ2v) is 8.46. The lowest BCUT2D eigenvalue weighted by Crippen LogP contribution is -2.17. The fourth-order valence-corrected chi connectivity index (χ4v) is 3.52. The van der Waals surface area contributed by atoms with Crippen molar-refractivity contribution in [1.82, 2.24) is 29.2 Å². The molecule has 0 saturated heterocycles. The molecule has 158 valence electrons. The molecular formula is C20H20F4N6. The van der Waals surface area contributed by atoms with E-state index < -0.39 is 23.0 Å². The van der Waals surface area contributed by atoms with Gasteiger partial charge in [-0.2, -0.15) is 13.2 Å². The highest BCUT2D eigenvalue weighted by Gasteiger charge is 2.33. The quantitative estimate of drug-likeness (QED) is 0.456. The minimum absolute atomic E-state index is 0.201. The molecule has 0 fully saturated rings. The molecule has 4 heterocycles. The van der Waals surface area contributed by atoms with E-state index in [1.165, 1.54) is 27.1 Å². The van der Waals surface area contributed by atoms with Gasteiger partial charge < -0.3 is 0 Å². The zero-order valence-corrected chi connectivity index (χ0v) is 16.9. The van der Waals surface area contributed by atoms with Crippen LogP contribution in [0.4, 0.5) is 17.6 Å². The molecule has 0 amide bonds. The van der Waals surface area contributed by atoms with Crippen LogP contribution in [0.15, 0.2) is 30.6 Å². The van der Waals surface area contributed by atoms with E-state index in [1.54, 1.807) is 6.92 Å². The van der Waals surface area contributed by atoms with Gasteiger partial charge in [0.25, 0.3) is 0 Å². The first-order chi connectivity index (χ1) is 13.9. The average molecular weight is 420 g/mol. The van der Waals surface area contributed by atoms with E-state index in [1.807, 2.05) is 20.8 Å². The standard InChI is InChI=1S/C20H20F4N6/c1-11(16-26-25-15-6-5-14(21)10-29(15)16)7-12-8-13(20(22,23)24)9-30-17(12)27-28-18(30)19(2,3)4/h5-6,8-11H,7H2,1-4H3. The summed E-state index contributed by atoms with van der Waals surface area (Å²) in [6, 6.07) is 3.87. The van der Waals surface area contributed by atoms with Crippen molar-refractivity contribution in [3.63, 3.8) is 0 Å². The maximum absolute atomic E-state index is 13.7. The fraction of sp³-hybridized carbons (Fsp3) is 0.400. The summed E-state index contributed by atoms with van der Waals surface area (Å²) in [5.74, 6) is 0.0940. The molecule has 0 saturated carbocycles. The lowest BCUT2D eigenvalue weighted by atomic mass is 9.95. The van der Waals surface area contributed by atoms with Crippen LogP contribution < -0.4 is 0 Å². The lowest BCUT2D eigenvalue weighted by Gasteiger charge is -2.18. The summed E-state index contributed by atoms with van der Waals surface area (Å²) < 4.78 is 57.3. The second kappa shape index (κ2) is 6.75. The van der Waals surface area contributed by atoms with Crippen molar-refractivity contribution in [1.29, 1.82) is 0 Å². The third-order valence-electron chi connectivity index (χ3n) is 4.94. The van der Waals surface area contributed by atoms with Crippen LogP contribution in [0.25, 0.3) is 11.3 Å². The number of hydrogen-bond acceptors (Lipinski definition) is 4. The van der Waals surface area contributed by atoms with E-state index >= 15 is 0 Å². The van der Waals surface area contributed by atoms with Gasteiger partial charge in [-0.3, -0.25) is 8.80 Å². The Morgan fingerprint density at radius 2 is 1.70 bits per heavy atom. The number of fused-ring (bicyclic) bond motifs is 2. The third kappa shape index (κ3) is 3.50. The zero-order chi connectivity index (χ0) is 21.8. The highest BCUT2D eigenvalue weighted by atomic mass is 19.4. The summed E-state index contributed by atoms with van der Waals surface area (Å²) in [4.78, 5) is 0. The molecule has 0 spiro atoms. The Kier molecular flexibility index (Phi) is 4.55. The fourth-order valence-electron chi connectivity index (χ4n) is 3.52. The van der Waals surface area contributed by atoms with Crippen LogP contribution in [0.3, 0.4) is 0 Å². The Morgan fingerprint density at radius 3 is 2.37 bits per heavy atom. The monoisotopic (exact) mass is 420 g/mol. The predicted octanol–water partition coefficient (Wildman–Crippen LogP) is 4.57. The number of pyridine rings is 2. The Bertz CT molecular complexity index is 1230. The van der Waals surface area contributed by atoms with Gasteiger partial charge in [0.2, 0.25) is 0 Å². The van der Waals surface area contributed by atoms with E-state index in [0.29, 0.717) is 28.5 Å². The van der Waals surface area contributed by atoms with Crippen molar-refractivity contribution >= 4 is 11.3 Å². The Balaban J connectivity index is 1.83. The number of nitrogens with zero attached hydrogens (tertiary/aromatic N) is 6. The van der Waals surface area contributed by atoms with E-state index in [2.05, 4.69) is 20.4 Å². The van der Waals surface area contributed by atoms with Crippen LogP contribution in [0.1, 0.15) is 56.4 Å². The van der Waals surface area contributed by atoms with Gasteiger partial charge in [-0.15, -0.1) is 20.4 Å². The summed E-state index contributed by atoms with van der Waals surface area (Å²) in [7, 11) is 0. The number of alkyl halides is 3. The first kappa shape index (κ1) is 20.2. The minimum Gasteiger partial charge on any atom is -0.285 e. The number of hydrogen-bond donors (Lipinski definition) is 0. The van der Waals surface area contributed by atoms with Gasteiger partial charge >= 0.3 is 6.18 Å². The number of rotatable bonds is 3. The molecule has 4 aromatic heterocycles. The smallest absolute Gasteiger partial charge is 0.285 e. The van der Waals surface area contributed by atoms with Crippen molar-refractivity contribution in [2.75, 3.05) is 0 Å². The highest BCUT2D eigenvalue weighted by Crippen LogP contribution is 2.33. The normalized spacial score (nSPS) is 14.0. The van der Waals surface area contributed by atoms with Crippen molar-refractivity contribution in [2.45, 2.75) is 51.6 Å². The van der Waals surface area contributed by atoms with Crippen LogP contribution in [0.5, 0.6) is 0 Å². The van der Waals surface area contributed by atoms with Gasteiger partial charge in [-0.1, -0.05) is 27.7 Å². The molecule has 1 unspecified atom stereocenters. The van der Waals surface area contributed by atoms with Crippen LogP contribution in [-0.2, 0) is 18.0 Å². The Labute approximate surface area is 169 Å². The van der Waals surface area contributed by atoms with Gasteiger partial charge in [0.1, 0.15) is 17.5 Å². The van der Waals surface area contributed by atoms with Crippen molar-refractivity contribution in [3.8, 4) is 0 Å². The summed E-state index contributed by atoms with van der Waals surface area (Å²) in [5.41, 5.74) is -0.0642. The van der Waals surface area contributed by atoms with Crippen molar-refractivity contribution < 1.29 is 17.6 Å². The summed E-state index contributed by atoms with van der Waals surface area (Å²) >= 11 is 0. The molecule has 6 nitrogen and oxygen atoms in total. The van der Waals surface area contributed by atoms with Crippen LogP contribution >= 0.6 is 0 Å². The molecule has 0 N–H and O–H groups in total. The minimum atomic E-state index is -4.52. The molecule has 0 bridgehead atoms. The Morgan fingerprint density at radius 1 is 0.967 bits per heavy atom. The molecule has 0 aliphatic carbocycles. The SMILES string of the molecule is CC(Cc1cc(C(F)(F)F)cn2c(C(C)(C)C)nnc12)c1nnc2ccc(F)cn12. The van der Waals surface area contributed by atoms with Crippen LogP contribution in [-0.4, -0.2) is 29.2 Å². The number of aromatic nitrogens is 6. The maximum atomic E-state index is 13.7. The molecule has 4 rings (SSSR count). The highest BCUT2D eigenvalue weighted by molar-refractivity contribution is 5.51. The molecule has 0 radical (unpaired) electrons.